The number of alkyl halides is 2. The largest absolute Gasteiger partial charge is 0.308 e. The number of rotatable bonds is 5. The lowest BCUT2D eigenvalue weighted by Crippen LogP contribution is -2.13. The normalized spacial score (nSPS) is 11.2. The molecule has 0 aliphatic heterocycles. The standard InChI is InChI=1S/C14H17F2N3/c1-10-13(9-19(2)18-10)8-17-7-11-4-3-5-12(6-11)14(15)16/h3-6,9,14,17H,7-8H2,1-2H3. The van der Waals surface area contributed by atoms with E-state index < -0.39 is 6.43 Å². The van der Waals surface area contributed by atoms with Gasteiger partial charge in [-0.25, -0.2) is 8.78 Å². The Labute approximate surface area is 111 Å². The molecular formula is C14H17F2N3. The van der Waals surface area contributed by atoms with Crippen LogP contribution < -0.4 is 5.32 Å². The molecule has 0 radical (unpaired) electrons. The van der Waals surface area contributed by atoms with Gasteiger partial charge in [0, 0.05) is 37.5 Å². The highest BCUT2D eigenvalue weighted by molar-refractivity contribution is 5.24. The Balaban J connectivity index is 1.92. The molecule has 3 nitrogen and oxygen atoms in total. The summed E-state index contributed by atoms with van der Waals surface area (Å²) >= 11 is 0. The van der Waals surface area contributed by atoms with Crippen molar-refractivity contribution in [3.8, 4) is 0 Å². The number of aryl methyl sites for hydroxylation is 2. The van der Waals surface area contributed by atoms with E-state index in [2.05, 4.69) is 10.4 Å². The molecule has 1 heterocycles. The summed E-state index contributed by atoms with van der Waals surface area (Å²) in [5, 5.41) is 7.49. The van der Waals surface area contributed by atoms with Gasteiger partial charge < -0.3 is 5.32 Å². The van der Waals surface area contributed by atoms with Crippen LogP contribution in [0.3, 0.4) is 0 Å². The maximum atomic E-state index is 12.6. The van der Waals surface area contributed by atoms with E-state index in [1.165, 1.54) is 12.1 Å². The monoisotopic (exact) mass is 265 g/mol. The van der Waals surface area contributed by atoms with E-state index >= 15 is 0 Å². The number of nitrogens with zero attached hydrogens (tertiary/aromatic N) is 2. The van der Waals surface area contributed by atoms with Crippen LogP contribution >= 0.6 is 0 Å². The van der Waals surface area contributed by atoms with Gasteiger partial charge in [0.2, 0.25) is 0 Å². The van der Waals surface area contributed by atoms with E-state index in [0.29, 0.717) is 13.1 Å². The average molecular weight is 265 g/mol. The number of hydrogen-bond donors (Lipinski definition) is 1. The summed E-state index contributed by atoms with van der Waals surface area (Å²) in [6.45, 7) is 3.20. The molecule has 2 rings (SSSR count). The molecule has 0 saturated heterocycles. The van der Waals surface area contributed by atoms with Crippen molar-refractivity contribution in [2.75, 3.05) is 0 Å². The number of aromatic nitrogens is 2. The van der Waals surface area contributed by atoms with Crippen molar-refractivity contribution in [2.45, 2.75) is 26.4 Å². The van der Waals surface area contributed by atoms with Crippen LogP contribution in [0.5, 0.6) is 0 Å². The Morgan fingerprint density at radius 3 is 2.74 bits per heavy atom. The van der Waals surface area contributed by atoms with E-state index in [1.54, 1.807) is 10.7 Å². The van der Waals surface area contributed by atoms with Crippen LogP contribution in [0.1, 0.15) is 28.8 Å². The van der Waals surface area contributed by atoms with Crippen molar-refractivity contribution in [1.82, 2.24) is 15.1 Å². The maximum Gasteiger partial charge on any atom is 0.263 e. The zero-order chi connectivity index (χ0) is 13.8. The number of halogens is 2. The van der Waals surface area contributed by atoms with E-state index in [0.717, 1.165) is 16.8 Å². The minimum absolute atomic E-state index is 0.0665. The summed E-state index contributed by atoms with van der Waals surface area (Å²) in [4.78, 5) is 0. The van der Waals surface area contributed by atoms with Gasteiger partial charge in [0.05, 0.1) is 5.69 Å². The molecule has 19 heavy (non-hydrogen) atoms. The fourth-order valence-corrected chi connectivity index (χ4v) is 2.00. The van der Waals surface area contributed by atoms with Crippen LogP contribution in [-0.4, -0.2) is 9.78 Å². The quantitative estimate of drug-likeness (QED) is 0.900. The molecular weight excluding hydrogens is 248 g/mol. The zero-order valence-electron chi connectivity index (χ0n) is 11.0. The van der Waals surface area contributed by atoms with Crippen LogP contribution in [-0.2, 0) is 20.1 Å². The van der Waals surface area contributed by atoms with Crippen molar-refractivity contribution < 1.29 is 8.78 Å². The molecule has 5 heteroatoms. The number of hydrogen-bond acceptors (Lipinski definition) is 2. The van der Waals surface area contributed by atoms with Gasteiger partial charge in [-0.1, -0.05) is 18.2 Å². The van der Waals surface area contributed by atoms with Crippen LogP contribution in [0.25, 0.3) is 0 Å². The minimum atomic E-state index is -2.42. The summed E-state index contributed by atoms with van der Waals surface area (Å²) in [7, 11) is 1.88. The third-order valence-corrected chi connectivity index (χ3v) is 2.96. The highest BCUT2D eigenvalue weighted by Gasteiger charge is 2.07. The lowest BCUT2D eigenvalue weighted by molar-refractivity contribution is 0.151. The van der Waals surface area contributed by atoms with Crippen molar-refractivity contribution in [3.05, 3.63) is 52.8 Å². The second kappa shape index (κ2) is 5.93. The van der Waals surface area contributed by atoms with Crippen LogP contribution in [0, 0.1) is 6.92 Å². The Kier molecular flexibility index (Phi) is 4.27. The van der Waals surface area contributed by atoms with Gasteiger partial charge in [0.25, 0.3) is 6.43 Å². The predicted molar refractivity (Wildman–Crippen MR) is 69.9 cm³/mol. The van der Waals surface area contributed by atoms with Gasteiger partial charge in [-0.05, 0) is 18.6 Å². The maximum absolute atomic E-state index is 12.6. The lowest BCUT2D eigenvalue weighted by atomic mass is 10.1. The molecule has 1 aromatic carbocycles. The van der Waals surface area contributed by atoms with Crippen molar-refractivity contribution in [3.63, 3.8) is 0 Å². The predicted octanol–water partition coefficient (Wildman–Crippen LogP) is 2.96. The van der Waals surface area contributed by atoms with Gasteiger partial charge >= 0.3 is 0 Å². The zero-order valence-corrected chi connectivity index (χ0v) is 11.0. The molecule has 0 aliphatic rings. The molecule has 1 aromatic heterocycles. The SMILES string of the molecule is Cc1nn(C)cc1CNCc1cccc(C(F)F)c1. The summed E-state index contributed by atoms with van der Waals surface area (Å²) in [6.07, 6.45) is -0.460. The summed E-state index contributed by atoms with van der Waals surface area (Å²) in [5.41, 5.74) is 3.03. The average Bonchev–Trinajstić information content (AvgIpc) is 2.68. The first kappa shape index (κ1) is 13.7. The minimum Gasteiger partial charge on any atom is -0.308 e. The molecule has 0 aliphatic carbocycles. The molecule has 0 amide bonds. The third-order valence-electron chi connectivity index (χ3n) is 2.96. The first-order valence-corrected chi connectivity index (χ1v) is 6.13. The molecule has 0 saturated carbocycles. The van der Waals surface area contributed by atoms with E-state index in [1.807, 2.05) is 26.2 Å². The van der Waals surface area contributed by atoms with E-state index in [9.17, 15) is 8.78 Å². The summed E-state index contributed by atoms with van der Waals surface area (Å²) < 4.78 is 26.9. The van der Waals surface area contributed by atoms with Gasteiger partial charge in [0.15, 0.2) is 0 Å². The van der Waals surface area contributed by atoms with Gasteiger partial charge in [0.1, 0.15) is 0 Å². The number of benzene rings is 1. The fraction of sp³-hybridized carbons (Fsp3) is 0.357. The van der Waals surface area contributed by atoms with Gasteiger partial charge in [-0.3, -0.25) is 4.68 Å². The molecule has 0 bridgehead atoms. The van der Waals surface area contributed by atoms with Crippen LogP contribution in [0.15, 0.2) is 30.5 Å². The second-order valence-corrected chi connectivity index (χ2v) is 4.56. The van der Waals surface area contributed by atoms with E-state index in [4.69, 9.17) is 0 Å². The van der Waals surface area contributed by atoms with Crippen molar-refractivity contribution in [2.24, 2.45) is 7.05 Å². The first-order valence-electron chi connectivity index (χ1n) is 6.13. The van der Waals surface area contributed by atoms with Gasteiger partial charge in [-0.2, -0.15) is 5.10 Å². The smallest absolute Gasteiger partial charge is 0.263 e. The molecule has 0 spiro atoms. The summed E-state index contributed by atoms with van der Waals surface area (Å²) in [5.74, 6) is 0. The van der Waals surface area contributed by atoms with Crippen molar-refractivity contribution in [1.29, 1.82) is 0 Å². The van der Waals surface area contributed by atoms with Crippen molar-refractivity contribution >= 4 is 0 Å². The lowest BCUT2D eigenvalue weighted by Gasteiger charge is -2.06. The Morgan fingerprint density at radius 2 is 2.11 bits per heavy atom. The summed E-state index contributed by atoms with van der Waals surface area (Å²) in [6, 6.07) is 6.48. The molecule has 1 N–H and O–H groups in total. The first-order chi connectivity index (χ1) is 9.06. The van der Waals surface area contributed by atoms with E-state index in [-0.39, 0.29) is 5.56 Å². The molecule has 0 fully saturated rings. The van der Waals surface area contributed by atoms with Crippen LogP contribution in [0.2, 0.25) is 0 Å². The Bertz CT molecular complexity index is 549. The Morgan fingerprint density at radius 1 is 1.32 bits per heavy atom. The Hall–Kier alpha value is -1.75. The topological polar surface area (TPSA) is 29.9 Å². The molecule has 102 valence electrons. The molecule has 0 atom stereocenters. The van der Waals surface area contributed by atoms with Gasteiger partial charge in [-0.15, -0.1) is 0 Å². The van der Waals surface area contributed by atoms with Crippen LogP contribution in [0.4, 0.5) is 8.78 Å². The highest BCUT2D eigenvalue weighted by Crippen LogP contribution is 2.19. The highest BCUT2D eigenvalue weighted by atomic mass is 19.3. The molecule has 0 unspecified atom stereocenters. The third kappa shape index (κ3) is 3.61. The fourth-order valence-electron chi connectivity index (χ4n) is 2.00. The number of nitrogens with one attached hydrogen (secondary N) is 1. The second-order valence-electron chi connectivity index (χ2n) is 4.56. The molecule has 2 aromatic rings.